The van der Waals surface area contributed by atoms with Gasteiger partial charge in [0, 0.05) is 18.6 Å². The van der Waals surface area contributed by atoms with E-state index in [2.05, 4.69) is 24.1 Å². The van der Waals surface area contributed by atoms with Crippen LogP contribution >= 0.6 is 0 Å². The molecule has 92 valence electrons. The molecule has 2 fully saturated rings. The molecular formula is C13H24N2O. The Balaban J connectivity index is 1.91. The zero-order valence-electron chi connectivity index (χ0n) is 10.5. The second-order valence-corrected chi connectivity index (χ2v) is 5.71. The average molecular weight is 224 g/mol. The van der Waals surface area contributed by atoms with Crippen molar-refractivity contribution in [2.45, 2.75) is 64.5 Å². The van der Waals surface area contributed by atoms with Gasteiger partial charge in [-0.15, -0.1) is 0 Å². The molecule has 2 saturated carbocycles. The number of carbonyl (C=O) groups is 1. The third kappa shape index (κ3) is 3.13. The molecule has 0 aromatic rings. The lowest BCUT2D eigenvalue weighted by atomic mass is 10.1. The molecule has 0 heterocycles. The second kappa shape index (κ2) is 5.07. The highest BCUT2D eigenvalue weighted by Crippen LogP contribution is 2.25. The summed E-state index contributed by atoms with van der Waals surface area (Å²) in [6.45, 7) is 5.28. The molecule has 2 amide bonds. The Morgan fingerprint density at radius 2 is 1.88 bits per heavy atom. The molecule has 1 N–H and O–H groups in total. The van der Waals surface area contributed by atoms with Crippen molar-refractivity contribution in [2.24, 2.45) is 5.92 Å². The highest BCUT2D eigenvalue weighted by molar-refractivity contribution is 5.75. The summed E-state index contributed by atoms with van der Waals surface area (Å²) in [5.41, 5.74) is 0. The van der Waals surface area contributed by atoms with Crippen molar-refractivity contribution < 1.29 is 4.79 Å². The molecule has 0 atom stereocenters. The molecule has 0 aliphatic heterocycles. The minimum atomic E-state index is 0.183. The normalized spacial score (nSPS) is 21.4. The van der Waals surface area contributed by atoms with Gasteiger partial charge in [0.1, 0.15) is 0 Å². The topological polar surface area (TPSA) is 32.3 Å². The molecule has 0 aromatic heterocycles. The van der Waals surface area contributed by atoms with Gasteiger partial charge in [0.15, 0.2) is 0 Å². The van der Waals surface area contributed by atoms with E-state index < -0.39 is 0 Å². The van der Waals surface area contributed by atoms with Gasteiger partial charge in [-0.05, 0) is 31.6 Å². The summed E-state index contributed by atoms with van der Waals surface area (Å²) in [4.78, 5) is 14.2. The average Bonchev–Trinajstić information content (AvgIpc) is 2.87. The van der Waals surface area contributed by atoms with E-state index in [0.717, 1.165) is 6.54 Å². The number of nitrogens with one attached hydrogen (secondary N) is 1. The highest BCUT2D eigenvalue weighted by Gasteiger charge is 2.30. The quantitative estimate of drug-likeness (QED) is 0.782. The first-order valence-corrected chi connectivity index (χ1v) is 6.74. The molecule has 2 rings (SSSR count). The van der Waals surface area contributed by atoms with Crippen molar-refractivity contribution in [3.05, 3.63) is 0 Å². The van der Waals surface area contributed by atoms with Gasteiger partial charge in [0.2, 0.25) is 0 Å². The maximum absolute atomic E-state index is 12.1. The fourth-order valence-corrected chi connectivity index (χ4v) is 2.49. The van der Waals surface area contributed by atoms with Crippen molar-refractivity contribution in [1.29, 1.82) is 0 Å². The fraction of sp³-hybridized carbons (Fsp3) is 0.923. The number of urea groups is 1. The molecule has 0 radical (unpaired) electrons. The lowest BCUT2D eigenvalue weighted by Crippen LogP contribution is -2.47. The molecule has 0 aromatic carbocycles. The van der Waals surface area contributed by atoms with Crippen LogP contribution in [-0.4, -0.2) is 29.6 Å². The largest absolute Gasteiger partial charge is 0.335 e. The molecule has 0 saturated heterocycles. The van der Waals surface area contributed by atoms with Gasteiger partial charge in [0.25, 0.3) is 0 Å². The molecule has 2 aliphatic carbocycles. The third-order valence-electron chi connectivity index (χ3n) is 3.49. The minimum absolute atomic E-state index is 0.183. The number of rotatable bonds is 4. The first kappa shape index (κ1) is 11.7. The first-order chi connectivity index (χ1) is 7.66. The number of amides is 2. The van der Waals surface area contributed by atoms with Crippen LogP contribution in [0.4, 0.5) is 4.79 Å². The van der Waals surface area contributed by atoms with E-state index in [1.54, 1.807) is 0 Å². The van der Waals surface area contributed by atoms with Gasteiger partial charge in [-0.25, -0.2) is 4.79 Å². The van der Waals surface area contributed by atoms with E-state index in [1.807, 2.05) is 0 Å². The molecule has 0 bridgehead atoms. The van der Waals surface area contributed by atoms with Crippen molar-refractivity contribution in [1.82, 2.24) is 10.2 Å². The maximum atomic E-state index is 12.1. The van der Waals surface area contributed by atoms with Crippen molar-refractivity contribution in [3.8, 4) is 0 Å². The molecule has 0 spiro atoms. The van der Waals surface area contributed by atoms with E-state index in [4.69, 9.17) is 0 Å². The third-order valence-corrected chi connectivity index (χ3v) is 3.49. The van der Waals surface area contributed by atoms with Crippen LogP contribution in [0.25, 0.3) is 0 Å². The van der Waals surface area contributed by atoms with Crippen LogP contribution in [0.5, 0.6) is 0 Å². The lowest BCUT2D eigenvalue weighted by molar-refractivity contribution is 0.165. The predicted octanol–water partition coefficient (Wildman–Crippen LogP) is 2.76. The van der Waals surface area contributed by atoms with E-state index >= 15 is 0 Å². The van der Waals surface area contributed by atoms with Gasteiger partial charge in [-0.1, -0.05) is 26.7 Å². The monoisotopic (exact) mass is 224 g/mol. The Bertz CT molecular complexity index is 242. The summed E-state index contributed by atoms with van der Waals surface area (Å²) in [5.74, 6) is 0.561. The van der Waals surface area contributed by atoms with Crippen LogP contribution in [0.1, 0.15) is 52.4 Å². The molecular weight excluding hydrogens is 200 g/mol. The summed E-state index contributed by atoms with van der Waals surface area (Å²) in [5, 5.41) is 3.12. The number of hydrogen-bond donors (Lipinski definition) is 1. The summed E-state index contributed by atoms with van der Waals surface area (Å²) < 4.78 is 0. The van der Waals surface area contributed by atoms with Crippen LogP contribution in [-0.2, 0) is 0 Å². The predicted molar refractivity (Wildman–Crippen MR) is 65.4 cm³/mol. The van der Waals surface area contributed by atoms with Crippen molar-refractivity contribution in [2.75, 3.05) is 6.54 Å². The zero-order valence-corrected chi connectivity index (χ0v) is 10.5. The van der Waals surface area contributed by atoms with Crippen LogP contribution in [0.2, 0.25) is 0 Å². The maximum Gasteiger partial charge on any atom is 0.317 e. The first-order valence-electron chi connectivity index (χ1n) is 6.74. The van der Waals surface area contributed by atoms with Gasteiger partial charge in [-0.2, -0.15) is 0 Å². The van der Waals surface area contributed by atoms with Crippen LogP contribution in [0, 0.1) is 5.92 Å². The molecule has 2 aliphatic rings. The Labute approximate surface area is 98.6 Å². The number of hydrogen-bond acceptors (Lipinski definition) is 1. The van der Waals surface area contributed by atoms with E-state index in [9.17, 15) is 4.79 Å². The summed E-state index contributed by atoms with van der Waals surface area (Å²) >= 11 is 0. The smallest absolute Gasteiger partial charge is 0.317 e. The van der Waals surface area contributed by atoms with Crippen LogP contribution < -0.4 is 5.32 Å². The molecule has 16 heavy (non-hydrogen) atoms. The van der Waals surface area contributed by atoms with E-state index in [0.29, 0.717) is 18.0 Å². The van der Waals surface area contributed by atoms with Gasteiger partial charge in [0.05, 0.1) is 0 Å². The summed E-state index contributed by atoms with van der Waals surface area (Å²) in [6, 6.07) is 1.16. The van der Waals surface area contributed by atoms with Crippen molar-refractivity contribution in [3.63, 3.8) is 0 Å². The lowest BCUT2D eigenvalue weighted by Gasteiger charge is -2.30. The Hall–Kier alpha value is -0.730. The van der Waals surface area contributed by atoms with Crippen molar-refractivity contribution >= 4 is 6.03 Å². The van der Waals surface area contributed by atoms with Gasteiger partial charge >= 0.3 is 6.03 Å². The van der Waals surface area contributed by atoms with Gasteiger partial charge in [-0.3, -0.25) is 0 Å². The van der Waals surface area contributed by atoms with Crippen LogP contribution in [0.15, 0.2) is 0 Å². The summed E-state index contributed by atoms with van der Waals surface area (Å²) in [7, 11) is 0. The SMILES string of the molecule is CC(C)CN(C(=O)NC1CC1)C1CCCC1. The Kier molecular flexibility index (Phi) is 3.72. The van der Waals surface area contributed by atoms with Crippen LogP contribution in [0.3, 0.4) is 0 Å². The number of nitrogens with zero attached hydrogens (tertiary/aromatic N) is 1. The van der Waals surface area contributed by atoms with Gasteiger partial charge < -0.3 is 10.2 Å². The molecule has 0 unspecified atom stereocenters. The highest BCUT2D eigenvalue weighted by atomic mass is 16.2. The second-order valence-electron chi connectivity index (χ2n) is 5.71. The minimum Gasteiger partial charge on any atom is -0.335 e. The Morgan fingerprint density at radius 3 is 2.38 bits per heavy atom. The zero-order chi connectivity index (χ0) is 11.5. The molecule has 3 nitrogen and oxygen atoms in total. The standard InChI is InChI=1S/C13H24N2O/c1-10(2)9-15(12-5-3-4-6-12)13(16)14-11-7-8-11/h10-12H,3-9H2,1-2H3,(H,14,16). The summed E-state index contributed by atoms with van der Waals surface area (Å²) in [6.07, 6.45) is 7.32. The number of carbonyl (C=O) groups excluding carboxylic acids is 1. The fourth-order valence-electron chi connectivity index (χ4n) is 2.49. The Morgan fingerprint density at radius 1 is 1.25 bits per heavy atom. The van der Waals surface area contributed by atoms with E-state index in [-0.39, 0.29) is 6.03 Å². The molecule has 3 heteroatoms. The van der Waals surface area contributed by atoms with E-state index in [1.165, 1.54) is 38.5 Å².